The second-order valence-corrected chi connectivity index (χ2v) is 11.6. The highest BCUT2D eigenvalue weighted by atomic mass is 32.2. The Kier molecular flexibility index (Phi) is 7.39. The molecule has 0 N–H and O–H groups in total. The van der Waals surface area contributed by atoms with Crippen molar-refractivity contribution >= 4 is 42.6 Å². The van der Waals surface area contributed by atoms with E-state index in [1.807, 2.05) is 37.3 Å². The summed E-state index contributed by atoms with van der Waals surface area (Å²) >= 11 is 1.40. The summed E-state index contributed by atoms with van der Waals surface area (Å²) < 4.78 is 33.4. The van der Waals surface area contributed by atoms with E-state index in [0.29, 0.717) is 27.7 Å². The van der Waals surface area contributed by atoms with Crippen molar-refractivity contribution in [3.05, 3.63) is 77.6 Å². The Hall–Kier alpha value is -3.34. The third kappa shape index (κ3) is 4.97. The molecule has 10 heteroatoms. The first kappa shape index (κ1) is 25.7. The van der Waals surface area contributed by atoms with Gasteiger partial charge in [0.1, 0.15) is 11.3 Å². The van der Waals surface area contributed by atoms with Crippen LogP contribution in [0.4, 0.5) is 5.13 Å². The van der Waals surface area contributed by atoms with E-state index in [1.54, 1.807) is 32.1 Å². The molecular formula is C26H28N4O4S2. The Morgan fingerprint density at radius 3 is 2.42 bits per heavy atom. The number of methoxy groups -OCH3 is 1. The zero-order chi connectivity index (χ0) is 26.0. The second-order valence-electron chi connectivity index (χ2n) is 8.61. The van der Waals surface area contributed by atoms with E-state index in [4.69, 9.17) is 9.72 Å². The van der Waals surface area contributed by atoms with E-state index in [-0.39, 0.29) is 23.4 Å². The fourth-order valence-corrected chi connectivity index (χ4v) is 6.04. The number of sulfonamides is 1. The molecule has 0 spiro atoms. The van der Waals surface area contributed by atoms with Crippen molar-refractivity contribution in [1.82, 2.24) is 14.3 Å². The minimum absolute atomic E-state index is 0.131. The van der Waals surface area contributed by atoms with Crippen LogP contribution in [-0.4, -0.2) is 48.8 Å². The minimum Gasteiger partial charge on any atom is -0.494 e. The number of carbonyl (C=O) groups excluding carboxylic acids is 1. The van der Waals surface area contributed by atoms with Crippen LogP contribution in [0.25, 0.3) is 10.2 Å². The summed E-state index contributed by atoms with van der Waals surface area (Å²) in [7, 11) is -0.529. The average Bonchev–Trinajstić information content (AvgIpc) is 3.33. The fourth-order valence-electron chi connectivity index (χ4n) is 3.63. The van der Waals surface area contributed by atoms with Gasteiger partial charge in [0.05, 0.1) is 28.9 Å². The van der Waals surface area contributed by atoms with Gasteiger partial charge < -0.3 is 4.74 Å². The maximum absolute atomic E-state index is 13.7. The molecule has 0 saturated carbocycles. The molecule has 0 aliphatic carbocycles. The number of amides is 1. The summed E-state index contributed by atoms with van der Waals surface area (Å²) in [6.07, 6.45) is 1.67. The van der Waals surface area contributed by atoms with Crippen LogP contribution in [0, 0.1) is 6.92 Å². The van der Waals surface area contributed by atoms with Crippen molar-refractivity contribution in [2.45, 2.75) is 38.3 Å². The van der Waals surface area contributed by atoms with Gasteiger partial charge in [0, 0.05) is 24.8 Å². The number of thiazole rings is 1. The van der Waals surface area contributed by atoms with Crippen LogP contribution in [0.5, 0.6) is 5.75 Å². The summed E-state index contributed by atoms with van der Waals surface area (Å²) in [5.41, 5.74) is 2.77. The highest BCUT2D eigenvalue weighted by Gasteiger charge is 2.26. The summed E-state index contributed by atoms with van der Waals surface area (Å²) in [6.45, 7) is 5.80. The van der Waals surface area contributed by atoms with Crippen LogP contribution in [0.3, 0.4) is 0 Å². The highest BCUT2D eigenvalue weighted by Crippen LogP contribution is 2.37. The molecule has 2 aromatic heterocycles. The number of hydrogen-bond acceptors (Lipinski definition) is 7. The van der Waals surface area contributed by atoms with Gasteiger partial charge in [-0.2, -0.15) is 4.31 Å². The molecule has 0 unspecified atom stereocenters. The fraction of sp³-hybridized carbons (Fsp3) is 0.269. The quantitative estimate of drug-likeness (QED) is 0.326. The largest absolute Gasteiger partial charge is 0.494 e. The smallest absolute Gasteiger partial charge is 0.260 e. The first-order valence-corrected chi connectivity index (χ1v) is 13.6. The van der Waals surface area contributed by atoms with Crippen LogP contribution in [0.1, 0.15) is 35.5 Å². The molecule has 2 heterocycles. The van der Waals surface area contributed by atoms with Gasteiger partial charge in [-0.15, -0.1) is 0 Å². The van der Waals surface area contributed by atoms with Gasteiger partial charge in [-0.05, 0) is 68.8 Å². The SMILES string of the molecule is COc1ccc(C)c2sc(N(Cc3ccccn3)C(=O)c3ccc(S(=O)(=O)N(C)C(C)C)cc3)nc12. The van der Waals surface area contributed by atoms with Crippen molar-refractivity contribution in [1.29, 1.82) is 0 Å². The molecule has 0 radical (unpaired) electrons. The first-order valence-electron chi connectivity index (χ1n) is 11.4. The molecule has 0 aliphatic rings. The number of aromatic nitrogens is 2. The minimum atomic E-state index is -3.66. The lowest BCUT2D eigenvalue weighted by Crippen LogP contribution is -2.33. The number of pyridine rings is 1. The number of anilines is 1. The molecule has 0 aliphatic heterocycles. The Labute approximate surface area is 215 Å². The van der Waals surface area contributed by atoms with Gasteiger partial charge >= 0.3 is 0 Å². The van der Waals surface area contributed by atoms with E-state index in [9.17, 15) is 13.2 Å². The Bertz CT molecular complexity index is 1480. The monoisotopic (exact) mass is 524 g/mol. The molecule has 2 aromatic carbocycles. The molecule has 4 aromatic rings. The van der Waals surface area contributed by atoms with E-state index in [0.717, 1.165) is 10.3 Å². The maximum Gasteiger partial charge on any atom is 0.260 e. The zero-order valence-corrected chi connectivity index (χ0v) is 22.4. The van der Waals surface area contributed by atoms with Crippen molar-refractivity contribution < 1.29 is 17.9 Å². The third-order valence-corrected chi connectivity index (χ3v) is 9.20. The van der Waals surface area contributed by atoms with E-state index in [2.05, 4.69) is 4.98 Å². The Morgan fingerprint density at radius 1 is 1.08 bits per heavy atom. The standard InChI is InChI=1S/C26H28N4O4S2/c1-17(2)29(4)36(32,33)21-12-10-19(11-13-21)25(31)30(16-20-8-6-7-15-27-20)26-28-23-22(34-5)14-9-18(3)24(23)35-26/h6-15,17H,16H2,1-5H3. The number of rotatable bonds is 8. The summed E-state index contributed by atoms with van der Waals surface area (Å²) in [5, 5.41) is 0.504. The predicted octanol–water partition coefficient (Wildman–Crippen LogP) is 4.88. The third-order valence-electron chi connectivity index (χ3n) is 5.94. The maximum atomic E-state index is 13.7. The number of carbonyl (C=O) groups is 1. The number of benzene rings is 2. The van der Waals surface area contributed by atoms with E-state index < -0.39 is 10.0 Å². The van der Waals surface area contributed by atoms with Gasteiger partial charge in [0.25, 0.3) is 5.91 Å². The molecule has 1 amide bonds. The summed E-state index contributed by atoms with van der Waals surface area (Å²) in [6, 6.07) is 15.2. The number of fused-ring (bicyclic) bond motifs is 1. The van der Waals surface area contributed by atoms with Crippen LogP contribution in [0.2, 0.25) is 0 Å². The molecule has 188 valence electrons. The van der Waals surface area contributed by atoms with Crippen molar-refractivity contribution in [2.75, 3.05) is 19.1 Å². The molecule has 0 bridgehead atoms. The number of nitrogens with zero attached hydrogens (tertiary/aromatic N) is 4. The Morgan fingerprint density at radius 2 is 1.81 bits per heavy atom. The van der Waals surface area contributed by atoms with Gasteiger partial charge in [-0.3, -0.25) is 14.7 Å². The molecular weight excluding hydrogens is 496 g/mol. The predicted molar refractivity (Wildman–Crippen MR) is 142 cm³/mol. The van der Waals surface area contributed by atoms with Crippen molar-refractivity contribution in [3.63, 3.8) is 0 Å². The van der Waals surface area contributed by atoms with Gasteiger partial charge in [0.2, 0.25) is 10.0 Å². The molecule has 36 heavy (non-hydrogen) atoms. The molecule has 8 nitrogen and oxygen atoms in total. The Balaban J connectivity index is 1.75. The number of hydrogen-bond donors (Lipinski definition) is 0. The average molecular weight is 525 g/mol. The lowest BCUT2D eigenvalue weighted by molar-refractivity contribution is 0.0984. The second kappa shape index (κ2) is 10.3. The summed E-state index contributed by atoms with van der Waals surface area (Å²) in [5.74, 6) is 0.324. The number of aryl methyl sites for hydroxylation is 1. The van der Waals surface area contributed by atoms with E-state index >= 15 is 0 Å². The molecule has 4 rings (SSSR count). The lowest BCUT2D eigenvalue weighted by atomic mass is 10.2. The summed E-state index contributed by atoms with van der Waals surface area (Å²) in [4.78, 5) is 24.6. The topological polar surface area (TPSA) is 92.7 Å². The van der Waals surface area contributed by atoms with Gasteiger partial charge in [-0.1, -0.05) is 23.5 Å². The van der Waals surface area contributed by atoms with Gasteiger partial charge in [0.15, 0.2) is 5.13 Å². The zero-order valence-electron chi connectivity index (χ0n) is 20.8. The lowest BCUT2D eigenvalue weighted by Gasteiger charge is -2.22. The molecule has 0 atom stereocenters. The van der Waals surface area contributed by atoms with Crippen LogP contribution >= 0.6 is 11.3 Å². The van der Waals surface area contributed by atoms with Crippen LogP contribution in [-0.2, 0) is 16.6 Å². The molecule has 0 saturated heterocycles. The normalized spacial score (nSPS) is 11.9. The van der Waals surface area contributed by atoms with Gasteiger partial charge in [-0.25, -0.2) is 13.4 Å². The van der Waals surface area contributed by atoms with Crippen molar-refractivity contribution in [2.24, 2.45) is 0 Å². The molecule has 0 fully saturated rings. The van der Waals surface area contributed by atoms with E-state index in [1.165, 1.54) is 47.0 Å². The first-order chi connectivity index (χ1) is 17.1. The van der Waals surface area contributed by atoms with Crippen LogP contribution in [0.15, 0.2) is 65.7 Å². The van der Waals surface area contributed by atoms with Crippen molar-refractivity contribution in [3.8, 4) is 5.75 Å². The number of ether oxygens (including phenoxy) is 1. The highest BCUT2D eigenvalue weighted by molar-refractivity contribution is 7.89. The van der Waals surface area contributed by atoms with Crippen LogP contribution < -0.4 is 9.64 Å².